The van der Waals surface area contributed by atoms with E-state index in [-0.39, 0.29) is 13.0 Å². The summed E-state index contributed by atoms with van der Waals surface area (Å²) in [4.78, 5) is 10.3. The van der Waals surface area contributed by atoms with E-state index in [1.54, 1.807) is 0 Å². The first-order valence-electron chi connectivity index (χ1n) is 4.57. The fourth-order valence-electron chi connectivity index (χ4n) is 1.03. The number of carbonyl (C=O) groups is 1. The summed E-state index contributed by atoms with van der Waals surface area (Å²) in [6.07, 6.45) is -0.0247. The van der Waals surface area contributed by atoms with Crippen molar-refractivity contribution >= 4 is 5.97 Å². The summed E-state index contributed by atoms with van der Waals surface area (Å²) in [7, 11) is 0. The minimum Gasteiger partial charge on any atom is -0.488 e. The zero-order chi connectivity index (χ0) is 12.1. The van der Waals surface area contributed by atoms with Crippen LogP contribution >= 0.6 is 0 Å². The van der Waals surface area contributed by atoms with Crippen LogP contribution in [0.5, 0.6) is 5.75 Å². The highest BCUT2D eigenvalue weighted by molar-refractivity contribution is 5.72. The van der Waals surface area contributed by atoms with Gasteiger partial charge in [0.15, 0.2) is 17.4 Å². The van der Waals surface area contributed by atoms with Gasteiger partial charge in [-0.25, -0.2) is 8.78 Å². The van der Waals surface area contributed by atoms with Gasteiger partial charge in [0.05, 0.1) is 6.61 Å². The minimum absolute atomic E-state index is 0.0247. The zero-order valence-electron chi connectivity index (χ0n) is 8.32. The number of aliphatic carboxylic acids is 1. The second-order valence-electron chi connectivity index (χ2n) is 3.13. The standard InChI is InChI=1S/C10H11F2NO3/c11-6-2-1-3-7(12)9(6)16-5-4-8(13)10(14)15/h1-3,8H,4-5,13H2,(H,14,15). The molecule has 1 atom stereocenters. The molecule has 0 amide bonds. The van der Waals surface area contributed by atoms with E-state index in [9.17, 15) is 13.6 Å². The van der Waals surface area contributed by atoms with E-state index in [4.69, 9.17) is 15.6 Å². The van der Waals surface area contributed by atoms with E-state index in [1.807, 2.05) is 0 Å². The highest BCUT2D eigenvalue weighted by Gasteiger charge is 2.13. The van der Waals surface area contributed by atoms with Crippen LogP contribution in [-0.2, 0) is 4.79 Å². The Kier molecular flexibility index (Phi) is 4.19. The lowest BCUT2D eigenvalue weighted by Crippen LogP contribution is -2.31. The number of rotatable bonds is 5. The number of para-hydroxylation sites is 1. The number of carboxylic acid groups (broad SMARTS) is 1. The van der Waals surface area contributed by atoms with Gasteiger partial charge < -0.3 is 15.6 Å². The third kappa shape index (κ3) is 3.16. The molecule has 0 radical (unpaired) electrons. The molecule has 1 unspecified atom stereocenters. The predicted molar refractivity (Wildman–Crippen MR) is 52.1 cm³/mol. The van der Waals surface area contributed by atoms with Crippen molar-refractivity contribution in [3.8, 4) is 5.75 Å². The van der Waals surface area contributed by atoms with Crippen molar-refractivity contribution in [1.29, 1.82) is 0 Å². The highest BCUT2D eigenvalue weighted by atomic mass is 19.1. The average molecular weight is 231 g/mol. The Hall–Kier alpha value is -1.69. The summed E-state index contributed by atoms with van der Waals surface area (Å²) < 4.78 is 30.8. The van der Waals surface area contributed by atoms with Crippen LogP contribution in [-0.4, -0.2) is 23.7 Å². The van der Waals surface area contributed by atoms with Crippen LogP contribution in [0.3, 0.4) is 0 Å². The first-order valence-corrected chi connectivity index (χ1v) is 4.57. The van der Waals surface area contributed by atoms with Gasteiger partial charge in [0.25, 0.3) is 0 Å². The maximum absolute atomic E-state index is 13.0. The molecule has 0 bridgehead atoms. The van der Waals surface area contributed by atoms with Crippen molar-refractivity contribution in [2.75, 3.05) is 6.61 Å². The van der Waals surface area contributed by atoms with Crippen LogP contribution in [0.1, 0.15) is 6.42 Å². The molecule has 1 rings (SSSR count). The van der Waals surface area contributed by atoms with Crippen molar-refractivity contribution in [2.24, 2.45) is 5.73 Å². The molecule has 0 aliphatic carbocycles. The lowest BCUT2D eigenvalue weighted by atomic mass is 10.2. The Balaban J connectivity index is 2.52. The van der Waals surface area contributed by atoms with E-state index in [2.05, 4.69) is 0 Å². The number of carboxylic acids is 1. The number of halogens is 2. The molecule has 1 aromatic rings. The molecule has 0 aromatic heterocycles. The molecule has 88 valence electrons. The Bertz CT molecular complexity index is 364. The van der Waals surface area contributed by atoms with Crippen molar-refractivity contribution in [2.45, 2.75) is 12.5 Å². The van der Waals surface area contributed by atoms with Crippen LogP contribution in [0, 0.1) is 11.6 Å². The number of hydrogen-bond donors (Lipinski definition) is 2. The Morgan fingerprint density at radius 2 is 2.00 bits per heavy atom. The maximum Gasteiger partial charge on any atom is 0.320 e. The number of benzene rings is 1. The van der Waals surface area contributed by atoms with Gasteiger partial charge in [-0.15, -0.1) is 0 Å². The molecule has 6 heteroatoms. The van der Waals surface area contributed by atoms with Crippen molar-refractivity contribution in [1.82, 2.24) is 0 Å². The molecule has 0 spiro atoms. The van der Waals surface area contributed by atoms with Gasteiger partial charge in [0.2, 0.25) is 0 Å². The van der Waals surface area contributed by atoms with Gasteiger partial charge >= 0.3 is 5.97 Å². The quantitative estimate of drug-likeness (QED) is 0.797. The summed E-state index contributed by atoms with van der Waals surface area (Å²) in [5.74, 6) is -3.36. The van der Waals surface area contributed by atoms with E-state index >= 15 is 0 Å². The van der Waals surface area contributed by atoms with E-state index in [1.165, 1.54) is 6.07 Å². The molecule has 0 saturated carbocycles. The topological polar surface area (TPSA) is 72.5 Å². The summed E-state index contributed by atoms with van der Waals surface area (Å²) in [6.45, 7) is -0.161. The Labute approximate surface area is 90.6 Å². The summed E-state index contributed by atoms with van der Waals surface area (Å²) >= 11 is 0. The Morgan fingerprint density at radius 1 is 1.44 bits per heavy atom. The first kappa shape index (κ1) is 12.4. The maximum atomic E-state index is 13.0. The van der Waals surface area contributed by atoms with Crippen LogP contribution in [0.25, 0.3) is 0 Å². The molecule has 0 saturated heterocycles. The molecule has 0 heterocycles. The van der Waals surface area contributed by atoms with Gasteiger partial charge in [-0.2, -0.15) is 0 Å². The van der Waals surface area contributed by atoms with Gasteiger partial charge in [0.1, 0.15) is 6.04 Å². The largest absolute Gasteiger partial charge is 0.488 e. The van der Waals surface area contributed by atoms with Crippen molar-refractivity contribution in [3.05, 3.63) is 29.8 Å². The lowest BCUT2D eigenvalue weighted by Gasteiger charge is -2.09. The predicted octanol–water partition coefficient (Wildman–Crippen LogP) is 1.15. The normalized spacial score (nSPS) is 12.2. The average Bonchev–Trinajstić information content (AvgIpc) is 2.22. The smallest absolute Gasteiger partial charge is 0.320 e. The highest BCUT2D eigenvalue weighted by Crippen LogP contribution is 2.20. The van der Waals surface area contributed by atoms with Gasteiger partial charge in [-0.3, -0.25) is 4.79 Å². The monoisotopic (exact) mass is 231 g/mol. The summed E-state index contributed by atoms with van der Waals surface area (Å²) in [5, 5.41) is 8.46. The van der Waals surface area contributed by atoms with Gasteiger partial charge in [0, 0.05) is 6.42 Å². The molecular formula is C10H11F2NO3. The molecule has 0 aliphatic heterocycles. The molecule has 4 nitrogen and oxygen atoms in total. The molecular weight excluding hydrogens is 220 g/mol. The van der Waals surface area contributed by atoms with E-state index in [0.717, 1.165) is 12.1 Å². The van der Waals surface area contributed by atoms with Crippen LogP contribution in [0.2, 0.25) is 0 Å². The van der Waals surface area contributed by atoms with Crippen LogP contribution < -0.4 is 10.5 Å². The third-order valence-electron chi connectivity index (χ3n) is 1.91. The molecule has 16 heavy (non-hydrogen) atoms. The fourth-order valence-corrected chi connectivity index (χ4v) is 1.03. The molecule has 0 aliphatic rings. The SMILES string of the molecule is NC(CCOc1c(F)cccc1F)C(=O)O. The summed E-state index contributed by atoms with van der Waals surface area (Å²) in [6, 6.07) is 2.21. The molecule has 1 aromatic carbocycles. The Morgan fingerprint density at radius 3 is 2.50 bits per heavy atom. The lowest BCUT2D eigenvalue weighted by molar-refractivity contribution is -0.138. The van der Waals surface area contributed by atoms with Gasteiger partial charge in [-0.05, 0) is 12.1 Å². The first-order chi connectivity index (χ1) is 7.52. The van der Waals surface area contributed by atoms with Gasteiger partial charge in [-0.1, -0.05) is 6.07 Å². The molecule has 3 N–H and O–H groups in total. The second-order valence-corrected chi connectivity index (χ2v) is 3.13. The van der Waals surface area contributed by atoms with Crippen molar-refractivity contribution < 1.29 is 23.4 Å². The second kappa shape index (κ2) is 5.41. The third-order valence-corrected chi connectivity index (χ3v) is 1.91. The summed E-state index contributed by atoms with van der Waals surface area (Å²) in [5.41, 5.74) is 5.19. The fraction of sp³-hybridized carbons (Fsp3) is 0.300. The van der Waals surface area contributed by atoms with E-state index < -0.39 is 29.4 Å². The number of nitrogens with two attached hydrogens (primary N) is 1. The van der Waals surface area contributed by atoms with Crippen LogP contribution in [0.15, 0.2) is 18.2 Å². The number of ether oxygens (including phenoxy) is 1. The number of hydrogen-bond acceptors (Lipinski definition) is 3. The zero-order valence-corrected chi connectivity index (χ0v) is 8.32. The minimum atomic E-state index is -1.18. The molecule has 0 fully saturated rings. The van der Waals surface area contributed by atoms with E-state index in [0.29, 0.717) is 0 Å². The van der Waals surface area contributed by atoms with Crippen molar-refractivity contribution in [3.63, 3.8) is 0 Å². The van der Waals surface area contributed by atoms with Crippen LogP contribution in [0.4, 0.5) is 8.78 Å².